The van der Waals surface area contributed by atoms with E-state index in [2.05, 4.69) is 16.8 Å². The highest BCUT2D eigenvalue weighted by Gasteiger charge is 2.16. The Balaban J connectivity index is 2.95. The van der Waals surface area contributed by atoms with Gasteiger partial charge in [0.05, 0.1) is 19.3 Å². The maximum absolute atomic E-state index is 7.48. The fourth-order valence-corrected chi connectivity index (χ4v) is 1.82. The summed E-state index contributed by atoms with van der Waals surface area (Å²) in [5.41, 5.74) is 6.17. The minimum Gasteiger partial charge on any atom is -0.384 e. The first-order chi connectivity index (χ1) is 9.10. The van der Waals surface area contributed by atoms with E-state index in [1.807, 2.05) is 6.07 Å². The van der Waals surface area contributed by atoms with Crippen LogP contribution in [0.5, 0.6) is 0 Å². The zero-order valence-electron chi connectivity index (χ0n) is 11.7. The summed E-state index contributed by atoms with van der Waals surface area (Å²) in [6.07, 6.45) is 1.66. The Morgan fingerprint density at radius 3 is 2.79 bits per heavy atom. The van der Waals surface area contributed by atoms with E-state index in [-0.39, 0.29) is 11.9 Å². The molecule has 0 aliphatic rings. The number of aromatic nitrogens is 1. The molecular formula is C13H22N4O2. The molecule has 1 rings (SSSR count). The van der Waals surface area contributed by atoms with Crippen molar-refractivity contribution >= 4 is 11.7 Å². The first-order valence-corrected chi connectivity index (χ1v) is 6.15. The molecule has 0 saturated heterocycles. The molecule has 6 nitrogen and oxygen atoms in total. The van der Waals surface area contributed by atoms with Crippen LogP contribution in [0.15, 0.2) is 18.3 Å². The minimum atomic E-state index is 0.0368. The van der Waals surface area contributed by atoms with Crippen molar-refractivity contribution < 1.29 is 9.47 Å². The van der Waals surface area contributed by atoms with Gasteiger partial charge in [-0.3, -0.25) is 5.41 Å². The monoisotopic (exact) mass is 266 g/mol. The van der Waals surface area contributed by atoms with Crippen molar-refractivity contribution in [2.24, 2.45) is 5.73 Å². The van der Waals surface area contributed by atoms with Gasteiger partial charge >= 0.3 is 0 Å². The number of amidine groups is 1. The normalized spacial score (nSPS) is 12.2. The maximum atomic E-state index is 7.48. The van der Waals surface area contributed by atoms with E-state index in [1.54, 1.807) is 26.5 Å². The van der Waals surface area contributed by atoms with Crippen molar-refractivity contribution in [2.45, 2.75) is 13.0 Å². The molecule has 0 aliphatic heterocycles. The number of nitrogen functional groups attached to an aromatic ring is 1. The number of nitrogens with zero attached hydrogens (tertiary/aromatic N) is 2. The standard InChI is InChI=1S/C13H22N4O2/c1-10(9-19-3)17(6-7-18-2)12-8-11(13(14)15)4-5-16-12/h4-5,8,10H,6-7,9H2,1-3H3,(H3,14,15). The summed E-state index contributed by atoms with van der Waals surface area (Å²) >= 11 is 0. The van der Waals surface area contributed by atoms with Crippen LogP contribution in [0.1, 0.15) is 12.5 Å². The summed E-state index contributed by atoms with van der Waals surface area (Å²) < 4.78 is 10.3. The van der Waals surface area contributed by atoms with Crippen LogP contribution in [0.3, 0.4) is 0 Å². The Morgan fingerprint density at radius 1 is 1.47 bits per heavy atom. The van der Waals surface area contributed by atoms with Crippen LogP contribution in [-0.2, 0) is 9.47 Å². The number of rotatable bonds is 8. The largest absolute Gasteiger partial charge is 0.384 e. The van der Waals surface area contributed by atoms with Crippen LogP contribution in [0, 0.1) is 5.41 Å². The zero-order valence-corrected chi connectivity index (χ0v) is 11.7. The minimum absolute atomic E-state index is 0.0368. The van der Waals surface area contributed by atoms with Gasteiger partial charge in [-0.1, -0.05) is 0 Å². The fourth-order valence-electron chi connectivity index (χ4n) is 1.82. The number of hydrogen-bond acceptors (Lipinski definition) is 5. The molecule has 1 unspecified atom stereocenters. The summed E-state index contributed by atoms with van der Waals surface area (Å²) in [4.78, 5) is 6.42. The summed E-state index contributed by atoms with van der Waals surface area (Å²) in [5, 5.41) is 7.48. The van der Waals surface area contributed by atoms with E-state index < -0.39 is 0 Å². The lowest BCUT2D eigenvalue weighted by atomic mass is 10.2. The van der Waals surface area contributed by atoms with Gasteiger partial charge in [-0.25, -0.2) is 4.98 Å². The number of nitrogens with one attached hydrogen (secondary N) is 1. The lowest BCUT2D eigenvalue weighted by Gasteiger charge is -2.29. The molecule has 0 radical (unpaired) electrons. The van der Waals surface area contributed by atoms with E-state index in [4.69, 9.17) is 20.6 Å². The van der Waals surface area contributed by atoms with Crippen LogP contribution in [0.4, 0.5) is 5.82 Å². The molecule has 106 valence electrons. The van der Waals surface area contributed by atoms with Gasteiger partial charge in [0, 0.05) is 32.5 Å². The number of pyridine rings is 1. The predicted molar refractivity (Wildman–Crippen MR) is 75.8 cm³/mol. The van der Waals surface area contributed by atoms with Crippen molar-refractivity contribution in [3.05, 3.63) is 23.9 Å². The molecule has 6 heteroatoms. The summed E-state index contributed by atoms with van der Waals surface area (Å²) in [7, 11) is 3.34. The summed E-state index contributed by atoms with van der Waals surface area (Å²) in [5.74, 6) is 0.809. The van der Waals surface area contributed by atoms with Gasteiger partial charge < -0.3 is 20.1 Å². The Bertz CT molecular complexity index is 411. The molecule has 0 bridgehead atoms. The molecule has 0 amide bonds. The van der Waals surface area contributed by atoms with Gasteiger partial charge in [0.2, 0.25) is 0 Å². The van der Waals surface area contributed by atoms with Crippen LogP contribution in [0.25, 0.3) is 0 Å². The maximum Gasteiger partial charge on any atom is 0.129 e. The third kappa shape index (κ3) is 4.50. The lowest BCUT2D eigenvalue weighted by molar-refractivity contribution is 0.170. The Labute approximate surface area is 114 Å². The van der Waals surface area contributed by atoms with Gasteiger partial charge in [-0.05, 0) is 19.1 Å². The van der Waals surface area contributed by atoms with Crippen LogP contribution >= 0.6 is 0 Å². The predicted octanol–water partition coefficient (Wildman–Crippen LogP) is 0.853. The van der Waals surface area contributed by atoms with Gasteiger partial charge in [0.1, 0.15) is 11.7 Å². The summed E-state index contributed by atoms with van der Waals surface area (Å²) in [6, 6.07) is 3.70. The first kappa shape index (κ1) is 15.4. The second kappa shape index (κ2) is 7.70. The number of ether oxygens (including phenoxy) is 2. The van der Waals surface area contributed by atoms with Crippen molar-refractivity contribution in [2.75, 3.05) is 38.9 Å². The topological polar surface area (TPSA) is 84.5 Å². The van der Waals surface area contributed by atoms with Gasteiger partial charge in [-0.2, -0.15) is 0 Å². The smallest absolute Gasteiger partial charge is 0.129 e. The second-order valence-corrected chi connectivity index (χ2v) is 4.31. The third-order valence-corrected chi connectivity index (χ3v) is 2.83. The van der Waals surface area contributed by atoms with Crippen LogP contribution in [0.2, 0.25) is 0 Å². The SMILES string of the molecule is COCCN(c1cc(C(=N)N)ccn1)C(C)COC. The van der Waals surface area contributed by atoms with E-state index in [0.717, 1.165) is 5.82 Å². The molecular weight excluding hydrogens is 244 g/mol. The van der Waals surface area contributed by atoms with Gasteiger partial charge in [0.25, 0.3) is 0 Å². The highest BCUT2D eigenvalue weighted by Crippen LogP contribution is 2.15. The Morgan fingerprint density at radius 2 is 2.21 bits per heavy atom. The van der Waals surface area contributed by atoms with Crippen LogP contribution in [-0.4, -0.2) is 50.8 Å². The second-order valence-electron chi connectivity index (χ2n) is 4.31. The molecule has 0 saturated carbocycles. The third-order valence-electron chi connectivity index (χ3n) is 2.83. The highest BCUT2D eigenvalue weighted by atomic mass is 16.5. The fraction of sp³-hybridized carbons (Fsp3) is 0.538. The Kier molecular flexibility index (Phi) is 6.24. The molecule has 1 aromatic rings. The van der Waals surface area contributed by atoms with E-state index in [1.165, 1.54) is 0 Å². The highest BCUT2D eigenvalue weighted by molar-refractivity contribution is 5.95. The van der Waals surface area contributed by atoms with E-state index >= 15 is 0 Å². The first-order valence-electron chi connectivity index (χ1n) is 6.15. The Hall–Kier alpha value is -1.66. The molecule has 0 spiro atoms. The quantitative estimate of drug-likeness (QED) is 0.538. The number of nitrogens with two attached hydrogens (primary N) is 1. The zero-order chi connectivity index (χ0) is 14.3. The molecule has 1 atom stereocenters. The number of hydrogen-bond donors (Lipinski definition) is 2. The lowest BCUT2D eigenvalue weighted by Crippen LogP contribution is -2.39. The van der Waals surface area contributed by atoms with Gasteiger partial charge in [0.15, 0.2) is 0 Å². The number of methoxy groups -OCH3 is 2. The average Bonchev–Trinajstić information content (AvgIpc) is 2.40. The molecule has 0 aromatic carbocycles. The van der Waals surface area contributed by atoms with Gasteiger partial charge in [-0.15, -0.1) is 0 Å². The molecule has 0 aliphatic carbocycles. The van der Waals surface area contributed by atoms with Crippen molar-refractivity contribution in [3.63, 3.8) is 0 Å². The van der Waals surface area contributed by atoms with Crippen molar-refractivity contribution in [1.82, 2.24) is 4.98 Å². The van der Waals surface area contributed by atoms with Crippen molar-refractivity contribution in [1.29, 1.82) is 5.41 Å². The number of anilines is 1. The van der Waals surface area contributed by atoms with Crippen LogP contribution < -0.4 is 10.6 Å². The van der Waals surface area contributed by atoms with E-state index in [0.29, 0.717) is 25.3 Å². The van der Waals surface area contributed by atoms with E-state index in [9.17, 15) is 0 Å². The molecule has 1 aromatic heterocycles. The summed E-state index contributed by atoms with van der Waals surface area (Å²) in [6.45, 7) is 3.95. The molecule has 1 heterocycles. The average molecular weight is 266 g/mol. The van der Waals surface area contributed by atoms with Crippen molar-refractivity contribution in [3.8, 4) is 0 Å². The molecule has 3 N–H and O–H groups in total. The molecule has 0 fully saturated rings. The molecule has 19 heavy (non-hydrogen) atoms.